The van der Waals surface area contributed by atoms with Crippen LogP contribution in [0, 0.1) is 25.5 Å². The Morgan fingerprint density at radius 2 is 1.72 bits per heavy atom. The number of anilines is 3. The Hall–Kier alpha value is -2.10. The summed E-state index contributed by atoms with van der Waals surface area (Å²) in [5, 5.41) is 2.91. The first kappa shape index (κ1) is 12.4. The van der Waals surface area contributed by atoms with Gasteiger partial charge in [-0.05, 0) is 43.2 Å². The summed E-state index contributed by atoms with van der Waals surface area (Å²) in [6, 6.07) is 7.58. The number of hydrogen-bond acceptors (Lipinski definition) is 2. The Labute approximate surface area is 104 Å². The van der Waals surface area contributed by atoms with Gasteiger partial charge in [-0.2, -0.15) is 0 Å². The van der Waals surface area contributed by atoms with Gasteiger partial charge in [0.2, 0.25) is 0 Å². The van der Waals surface area contributed by atoms with Crippen LogP contribution in [0.5, 0.6) is 0 Å². The number of nitrogens with one attached hydrogen (secondary N) is 1. The molecule has 0 amide bonds. The second-order valence-electron chi connectivity index (χ2n) is 4.25. The minimum atomic E-state index is -0.372. The van der Waals surface area contributed by atoms with Crippen molar-refractivity contribution in [2.75, 3.05) is 11.1 Å². The Balaban J connectivity index is 2.43. The molecule has 0 aromatic heterocycles. The fourth-order valence-electron chi connectivity index (χ4n) is 1.73. The van der Waals surface area contributed by atoms with E-state index in [0.29, 0.717) is 16.9 Å². The molecule has 0 atom stereocenters. The molecule has 4 heteroatoms. The van der Waals surface area contributed by atoms with Crippen molar-refractivity contribution in [3.63, 3.8) is 0 Å². The Bertz CT molecular complexity index is 574. The summed E-state index contributed by atoms with van der Waals surface area (Å²) in [7, 11) is 0. The molecule has 3 N–H and O–H groups in total. The molecule has 0 bridgehead atoms. The number of hydrogen-bond donors (Lipinski definition) is 2. The number of nitrogens with two attached hydrogens (primary N) is 1. The first-order valence-electron chi connectivity index (χ1n) is 5.57. The van der Waals surface area contributed by atoms with Gasteiger partial charge < -0.3 is 11.1 Å². The van der Waals surface area contributed by atoms with Crippen LogP contribution < -0.4 is 11.1 Å². The molecule has 0 fully saturated rings. The minimum Gasteiger partial charge on any atom is -0.397 e. The summed E-state index contributed by atoms with van der Waals surface area (Å²) in [4.78, 5) is 0. The van der Waals surface area contributed by atoms with Crippen molar-refractivity contribution in [2.45, 2.75) is 13.8 Å². The number of rotatable bonds is 2. The van der Waals surface area contributed by atoms with Gasteiger partial charge in [0, 0.05) is 0 Å². The minimum absolute atomic E-state index is 0.251. The van der Waals surface area contributed by atoms with Gasteiger partial charge in [0.15, 0.2) is 0 Å². The zero-order valence-corrected chi connectivity index (χ0v) is 10.2. The number of nitrogen functional groups attached to an aromatic ring is 1. The third kappa shape index (κ3) is 2.27. The molecule has 2 aromatic rings. The number of halogens is 2. The third-order valence-corrected chi connectivity index (χ3v) is 2.81. The molecule has 2 nitrogen and oxygen atoms in total. The molecule has 0 radical (unpaired) electrons. The molecule has 2 rings (SSSR count). The molecule has 18 heavy (non-hydrogen) atoms. The molecule has 0 unspecified atom stereocenters. The largest absolute Gasteiger partial charge is 0.397 e. The predicted molar refractivity (Wildman–Crippen MR) is 70.0 cm³/mol. The van der Waals surface area contributed by atoms with Gasteiger partial charge in [-0.3, -0.25) is 0 Å². The van der Waals surface area contributed by atoms with Crippen LogP contribution in [-0.4, -0.2) is 0 Å². The van der Waals surface area contributed by atoms with Crippen molar-refractivity contribution < 1.29 is 8.78 Å². The Morgan fingerprint density at radius 1 is 1.00 bits per heavy atom. The molecular weight excluding hydrogens is 234 g/mol. The molecule has 0 aliphatic heterocycles. The van der Waals surface area contributed by atoms with Gasteiger partial charge in [-0.15, -0.1) is 0 Å². The van der Waals surface area contributed by atoms with Crippen molar-refractivity contribution in [1.29, 1.82) is 0 Å². The van der Waals surface area contributed by atoms with Crippen LogP contribution in [0.15, 0.2) is 30.3 Å². The van der Waals surface area contributed by atoms with Crippen LogP contribution in [-0.2, 0) is 0 Å². The summed E-state index contributed by atoms with van der Waals surface area (Å²) in [6.45, 7) is 3.42. The summed E-state index contributed by atoms with van der Waals surface area (Å²) in [5.74, 6) is -0.736. The highest BCUT2D eigenvalue weighted by Crippen LogP contribution is 2.29. The maximum atomic E-state index is 13.7. The molecule has 0 saturated heterocycles. The molecule has 0 spiro atoms. The monoisotopic (exact) mass is 248 g/mol. The van der Waals surface area contributed by atoms with E-state index in [1.165, 1.54) is 12.1 Å². The van der Waals surface area contributed by atoms with Crippen LogP contribution in [0.25, 0.3) is 0 Å². The highest BCUT2D eigenvalue weighted by atomic mass is 19.1. The van der Waals surface area contributed by atoms with Crippen LogP contribution >= 0.6 is 0 Å². The van der Waals surface area contributed by atoms with Crippen LogP contribution in [0.4, 0.5) is 25.8 Å². The van der Waals surface area contributed by atoms with Crippen molar-refractivity contribution in [3.05, 3.63) is 53.1 Å². The quantitative estimate of drug-likeness (QED) is 0.791. The van der Waals surface area contributed by atoms with E-state index in [4.69, 9.17) is 5.73 Å². The van der Waals surface area contributed by atoms with Crippen molar-refractivity contribution >= 4 is 17.1 Å². The second-order valence-corrected chi connectivity index (χ2v) is 4.25. The van der Waals surface area contributed by atoms with E-state index in [9.17, 15) is 8.78 Å². The molecule has 2 aromatic carbocycles. The van der Waals surface area contributed by atoms with Gasteiger partial charge in [0.1, 0.15) is 11.6 Å². The zero-order chi connectivity index (χ0) is 13.3. The average molecular weight is 248 g/mol. The first-order valence-corrected chi connectivity index (χ1v) is 5.57. The maximum absolute atomic E-state index is 13.7. The molecule has 94 valence electrons. The van der Waals surface area contributed by atoms with E-state index in [1.54, 1.807) is 32.0 Å². The average Bonchev–Trinajstić information content (AvgIpc) is 2.30. The Morgan fingerprint density at radius 3 is 2.39 bits per heavy atom. The lowest BCUT2D eigenvalue weighted by Gasteiger charge is -2.13. The fourth-order valence-corrected chi connectivity index (χ4v) is 1.73. The van der Waals surface area contributed by atoms with E-state index in [2.05, 4.69) is 5.32 Å². The van der Waals surface area contributed by atoms with E-state index in [-0.39, 0.29) is 17.3 Å². The van der Waals surface area contributed by atoms with Gasteiger partial charge >= 0.3 is 0 Å². The summed E-state index contributed by atoms with van der Waals surface area (Å²) in [5.41, 5.74) is 8.04. The van der Waals surface area contributed by atoms with Crippen molar-refractivity contribution in [3.8, 4) is 0 Å². The fraction of sp³-hybridized carbons (Fsp3) is 0.143. The number of benzene rings is 2. The topological polar surface area (TPSA) is 38.0 Å². The van der Waals surface area contributed by atoms with Crippen LogP contribution in [0.1, 0.15) is 11.1 Å². The number of para-hydroxylation sites is 1. The molecule has 0 saturated carbocycles. The summed E-state index contributed by atoms with van der Waals surface area (Å²) < 4.78 is 26.9. The van der Waals surface area contributed by atoms with E-state index < -0.39 is 0 Å². The van der Waals surface area contributed by atoms with Gasteiger partial charge in [-0.1, -0.05) is 12.1 Å². The summed E-state index contributed by atoms with van der Waals surface area (Å²) >= 11 is 0. The van der Waals surface area contributed by atoms with Crippen LogP contribution in [0.2, 0.25) is 0 Å². The lowest BCUT2D eigenvalue weighted by atomic mass is 10.1. The molecule has 0 aliphatic carbocycles. The van der Waals surface area contributed by atoms with Gasteiger partial charge in [0.05, 0.1) is 17.1 Å². The predicted octanol–water partition coefficient (Wildman–Crippen LogP) is 3.91. The van der Waals surface area contributed by atoms with Gasteiger partial charge in [0.25, 0.3) is 0 Å². The molecular formula is C14H14F2N2. The SMILES string of the molecule is Cc1cc(Nc2c(C)cccc2F)c(N)cc1F. The first-order chi connectivity index (χ1) is 8.49. The number of aryl methyl sites for hydroxylation is 2. The normalized spacial score (nSPS) is 10.4. The van der Waals surface area contributed by atoms with Crippen LogP contribution in [0.3, 0.4) is 0 Å². The Kier molecular flexibility index (Phi) is 3.19. The second kappa shape index (κ2) is 4.64. The third-order valence-electron chi connectivity index (χ3n) is 2.81. The smallest absolute Gasteiger partial charge is 0.146 e. The highest BCUT2D eigenvalue weighted by Gasteiger charge is 2.09. The highest BCUT2D eigenvalue weighted by molar-refractivity contribution is 5.74. The summed E-state index contributed by atoms with van der Waals surface area (Å²) in [6.07, 6.45) is 0. The molecule has 0 aliphatic rings. The van der Waals surface area contributed by atoms with E-state index in [0.717, 1.165) is 5.56 Å². The zero-order valence-electron chi connectivity index (χ0n) is 10.2. The lowest BCUT2D eigenvalue weighted by molar-refractivity contribution is 0.619. The van der Waals surface area contributed by atoms with Gasteiger partial charge in [-0.25, -0.2) is 8.78 Å². The standard InChI is InChI=1S/C14H14F2N2/c1-8-4-3-5-10(15)14(8)18-13-6-9(2)11(16)7-12(13)17/h3-7,18H,17H2,1-2H3. The van der Waals surface area contributed by atoms with Crippen molar-refractivity contribution in [1.82, 2.24) is 0 Å². The van der Waals surface area contributed by atoms with Crippen molar-refractivity contribution in [2.24, 2.45) is 0 Å². The maximum Gasteiger partial charge on any atom is 0.146 e. The molecule has 0 heterocycles. The van der Waals surface area contributed by atoms with E-state index in [1.807, 2.05) is 0 Å². The van der Waals surface area contributed by atoms with E-state index >= 15 is 0 Å². The lowest BCUT2D eigenvalue weighted by Crippen LogP contribution is -2.01.